The number of hydrogen-bond acceptors (Lipinski definition) is 4. The lowest BCUT2D eigenvalue weighted by Crippen LogP contribution is -2.33. The van der Waals surface area contributed by atoms with Gasteiger partial charge >= 0.3 is 11.8 Å². The van der Waals surface area contributed by atoms with Gasteiger partial charge in [0.2, 0.25) is 0 Å². The number of halogens is 2. The van der Waals surface area contributed by atoms with Crippen molar-refractivity contribution < 1.29 is 14.4 Å². The minimum atomic E-state index is -0.978. The Bertz CT molecular complexity index is 1130. The SMILES string of the molecule is O=C(N/N=C/c1ccc(Cl)cc1)C(=O)Nc1ccccc1C(=O)Nc1ccc(Br)cc1. The quantitative estimate of drug-likeness (QED) is 0.275. The summed E-state index contributed by atoms with van der Waals surface area (Å²) in [5.74, 6) is -2.37. The van der Waals surface area contributed by atoms with Gasteiger partial charge in [0.05, 0.1) is 17.5 Å². The highest BCUT2D eigenvalue weighted by atomic mass is 79.9. The van der Waals surface area contributed by atoms with Gasteiger partial charge in [0.1, 0.15) is 0 Å². The smallest absolute Gasteiger partial charge is 0.322 e. The minimum Gasteiger partial charge on any atom is -0.322 e. The molecule has 0 atom stereocenters. The van der Waals surface area contributed by atoms with Crippen molar-refractivity contribution in [2.75, 3.05) is 10.6 Å². The summed E-state index contributed by atoms with van der Waals surface area (Å²) in [5.41, 5.74) is 3.82. The van der Waals surface area contributed by atoms with E-state index in [2.05, 4.69) is 37.1 Å². The van der Waals surface area contributed by atoms with Gasteiger partial charge in [-0.15, -0.1) is 0 Å². The van der Waals surface area contributed by atoms with Crippen LogP contribution in [0.5, 0.6) is 0 Å². The van der Waals surface area contributed by atoms with Gasteiger partial charge in [0.25, 0.3) is 5.91 Å². The molecule has 0 spiro atoms. The van der Waals surface area contributed by atoms with E-state index < -0.39 is 17.7 Å². The molecule has 156 valence electrons. The van der Waals surface area contributed by atoms with Crippen molar-refractivity contribution in [1.29, 1.82) is 0 Å². The van der Waals surface area contributed by atoms with Crippen LogP contribution in [0.3, 0.4) is 0 Å². The molecule has 0 aliphatic carbocycles. The summed E-state index contributed by atoms with van der Waals surface area (Å²) in [4.78, 5) is 36.9. The fraction of sp³-hybridized carbons (Fsp3) is 0. The summed E-state index contributed by atoms with van der Waals surface area (Å²) in [6.07, 6.45) is 1.38. The molecule has 0 aliphatic rings. The van der Waals surface area contributed by atoms with Gasteiger partial charge in [-0.25, -0.2) is 5.43 Å². The second kappa shape index (κ2) is 10.5. The van der Waals surface area contributed by atoms with Crippen LogP contribution in [0, 0.1) is 0 Å². The van der Waals surface area contributed by atoms with E-state index in [0.717, 1.165) is 4.47 Å². The van der Waals surface area contributed by atoms with Crippen LogP contribution in [0.1, 0.15) is 15.9 Å². The molecular weight excluding hydrogens is 484 g/mol. The lowest BCUT2D eigenvalue weighted by atomic mass is 10.1. The molecule has 0 saturated carbocycles. The molecule has 0 aliphatic heterocycles. The predicted molar refractivity (Wildman–Crippen MR) is 124 cm³/mol. The highest BCUT2D eigenvalue weighted by molar-refractivity contribution is 9.10. The van der Waals surface area contributed by atoms with Gasteiger partial charge in [-0.2, -0.15) is 5.10 Å². The first kappa shape index (κ1) is 22.2. The van der Waals surface area contributed by atoms with Crippen LogP contribution < -0.4 is 16.1 Å². The van der Waals surface area contributed by atoms with E-state index in [1.54, 1.807) is 66.7 Å². The average Bonchev–Trinajstić information content (AvgIpc) is 2.77. The molecule has 0 fully saturated rings. The molecule has 3 aromatic rings. The van der Waals surface area contributed by atoms with E-state index in [1.807, 2.05) is 0 Å². The number of carbonyl (C=O) groups is 3. The van der Waals surface area contributed by atoms with Crippen LogP contribution in [0.15, 0.2) is 82.4 Å². The van der Waals surface area contributed by atoms with Crippen molar-refractivity contribution in [2.45, 2.75) is 0 Å². The normalized spacial score (nSPS) is 10.5. The third kappa shape index (κ3) is 6.50. The topological polar surface area (TPSA) is 99.7 Å². The highest BCUT2D eigenvalue weighted by Gasteiger charge is 2.17. The van der Waals surface area contributed by atoms with E-state index in [-0.39, 0.29) is 11.3 Å². The number of hydrogen-bond donors (Lipinski definition) is 3. The first-order valence-corrected chi connectivity index (χ1v) is 10.2. The van der Waals surface area contributed by atoms with Crippen LogP contribution in [0.2, 0.25) is 5.02 Å². The van der Waals surface area contributed by atoms with E-state index >= 15 is 0 Å². The van der Waals surface area contributed by atoms with Gasteiger partial charge < -0.3 is 10.6 Å². The maximum Gasteiger partial charge on any atom is 0.329 e. The van der Waals surface area contributed by atoms with Gasteiger partial charge in [0.15, 0.2) is 0 Å². The van der Waals surface area contributed by atoms with Crippen LogP contribution >= 0.6 is 27.5 Å². The molecule has 3 aromatic carbocycles. The largest absolute Gasteiger partial charge is 0.329 e. The summed E-state index contributed by atoms with van der Waals surface area (Å²) in [6, 6.07) is 20.2. The lowest BCUT2D eigenvalue weighted by molar-refractivity contribution is -0.136. The summed E-state index contributed by atoms with van der Waals surface area (Å²) in [6.45, 7) is 0. The Labute approximate surface area is 191 Å². The number of carbonyl (C=O) groups excluding carboxylic acids is 3. The van der Waals surface area contributed by atoms with Crippen LogP contribution in [-0.4, -0.2) is 23.9 Å². The van der Waals surface area contributed by atoms with Gasteiger partial charge in [0, 0.05) is 15.2 Å². The number of amides is 3. The molecule has 0 heterocycles. The summed E-state index contributed by atoms with van der Waals surface area (Å²) < 4.78 is 0.878. The third-order valence-electron chi connectivity index (χ3n) is 3.98. The van der Waals surface area contributed by atoms with Crippen LogP contribution in [0.4, 0.5) is 11.4 Å². The maximum atomic E-state index is 12.6. The van der Waals surface area contributed by atoms with Crippen molar-refractivity contribution in [3.63, 3.8) is 0 Å². The number of hydrazone groups is 1. The molecule has 7 nitrogen and oxygen atoms in total. The van der Waals surface area contributed by atoms with Gasteiger partial charge in [-0.1, -0.05) is 51.8 Å². The minimum absolute atomic E-state index is 0.193. The molecule has 9 heteroatoms. The van der Waals surface area contributed by atoms with Crippen LogP contribution in [-0.2, 0) is 9.59 Å². The van der Waals surface area contributed by atoms with Gasteiger partial charge in [-0.05, 0) is 54.1 Å². The number of nitrogens with zero attached hydrogens (tertiary/aromatic N) is 1. The average molecular weight is 500 g/mol. The zero-order valence-corrected chi connectivity index (χ0v) is 18.3. The molecule has 0 bridgehead atoms. The molecule has 3 rings (SSSR count). The summed E-state index contributed by atoms with van der Waals surface area (Å²) >= 11 is 9.13. The third-order valence-corrected chi connectivity index (χ3v) is 4.76. The van der Waals surface area contributed by atoms with E-state index in [0.29, 0.717) is 16.3 Å². The first-order valence-electron chi connectivity index (χ1n) is 8.98. The second-order valence-corrected chi connectivity index (χ2v) is 7.56. The second-order valence-electron chi connectivity index (χ2n) is 6.21. The fourth-order valence-corrected chi connectivity index (χ4v) is 2.86. The Morgan fingerprint density at radius 2 is 1.52 bits per heavy atom. The molecule has 0 saturated heterocycles. The molecule has 0 unspecified atom stereocenters. The number of nitrogens with one attached hydrogen (secondary N) is 3. The van der Waals surface area contributed by atoms with E-state index in [1.165, 1.54) is 12.3 Å². The summed E-state index contributed by atoms with van der Waals surface area (Å²) in [5, 5.41) is 9.49. The summed E-state index contributed by atoms with van der Waals surface area (Å²) in [7, 11) is 0. The molecule has 31 heavy (non-hydrogen) atoms. The van der Waals surface area contributed by atoms with E-state index in [9.17, 15) is 14.4 Å². The van der Waals surface area contributed by atoms with Crippen molar-refractivity contribution in [1.82, 2.24) is 5.43 Å². The standard InChI is InChI=1S/C22H16BrClN4O3/c23-15-7-11-17(12-8-15)26-20(29)18-3-1-2-4-19(18)27-21(30)22(31)28-25-13-14-5-9-16(24)10-6-14/h1-13H,(H,26,29)(H,27,30)(H,28,31)/b25-13+. The highest BCUT2D eigenvalue weighted by Crippen LogP contribution is 2.19. The molecule has 0 aromatic heterocycles. The number of anilines is 2. The fourth-order valence-electron chi connectivity index (χ4n) is 2.47. The number of para-hydroxylation sites is 1. The van der Waals surface area contributed by atoms with Gasteiger partial charge in [-0.3, -0.25) is 14.4 Å². The van der Waals surface area contributed by atoms with Crippen molar-refractivity contribution in [3.8, 4) is 0 Å². The number of benzene rings is 3. The van der Waals surface area contributed by atoms with Crippen molar-refractivity contribution >= 4 is 62.8 Å². The Morgan fingerprint density at radius 1 is 0.839 bits per heavy atom. The van der Waals surface area contributed by atoms with E-state index in [4.69, 9.17) is 11.6 Å². The maximum absolute atomic E-state index is 12.6. The molecule has 3 N–H and O–H groups in total. The molecule has 0 radical (unpaired) electrons. The Balaban J connectivity index is 1.63. The lowest BCUT2D eigenvalue weighted by Gasteiger charge is -2.11. The van der Waals surface area contributed by atoms with Crippen LogP contribution in [0.25, 0.3) is 0 Å². The van der Waals surface area contributed by atoms with Crippen molar-refractivity contribution in [3.05, 3.63) is 93.4 Å². The Kier molecular flexibility index (Phi) is 7.53. The first-order chi connectivity index (χ1) is 14.9. The monoisotopic (exact) mass is 498 g/mol. The number of rotatable bonds is 5. The van der Waals surface area contributed by atoms with Crippen molar-refractivity contribution in [2.24, 2.45) is 5.10 Å². The predicted octanol–water partition coefficient (Wildman–Crippen LogP) is 4.44. The molecule has 3 amide bonds. The Morgan fingerprint density at radius 3 is 2.23 bits per heavy atom. The molecular formula is C22H16BrClN4O3. The Hall–Kier alpha value is -3.49. The zero-order chi connectivity index (χ0) is 22.2. The zero-order valence-electron chi connectivity index (χ0n) is 15.9.